The lowest BCUT2D eigenvalue weighted by Crippen LogP contribution is -2.09. The Morgan fingerprint density at radius 2 is 1.32 bits per heavy atom. The number of rotatable bonds is 3. The molecular formula is C20H31NO. The van der Waals surface area contributed by atoms with Gasteiger partial charge in [-0.05, 0) is 49.2 Å². The molecule has 0 aliphatic carbocycles. The fourth-order valence-corrected chi connectivity index (χ4v) is 2.11. The molecule has 0 aliphatic rings. The Hall–Kier alpha value is -1.96. The van der Waals surface area contributed by atoms with Crippen LogP contribution >= 0.6 is 0 Å². The Kier molecular flexibility index (Phi) is 9.77. The van der Waals surface area contributed by atoms with Gasteiger partial charge in [0, 0.05) is 24.5 Å². The molecule has 0 radical (unpaired) electrons. The highest BCUT2D eigenvalue weighted by molar-refractivity contribution is 5.65. The summed E-state index contributed by atoms with van der Waals surface area (Å²) in [6.07, 6.45) is 0. The number of benzene rings is 2. The van der Waals surface area contributed by atoms with E-state index in [9.17, 15) is 0 Å². The zero-order chi connectivity index (χ0) is 17.1. The van der Waals surface area contributed by atoms with E-state index in [1.807, 2.05) is 45.9 Å². The molecule has 0 atom stereocenters. The van der Waals surface area contributed by atoms with Crippen molar-refractivity contribution in [3.05, 3.63) is 53.6 Å². The van der Waals surface area contributed by atoms with Gasteiger partial charge < -0.3 is 9.64 Å². The van der Waals surface area contributed by atoms with Crippen molar-refractivity contribution in [3.63, 3.8) is 0 Å². The first-order valence-corrected chi connectivity index (χ1v) is 8.06. The van der Waals surface area contributed by atoms with Crippen LogP contribution < -0.4 is 9.64 Å². The van der Waals surface area contributed by atoms with Crippen LogP contribution in [0, 0.1) is 13.8 Å². The van der Waals surface area contributed by atoms with Gasteiger partial charge >= 0.3 is 0 Å². The summed E-state index contributed by atoms with van der Waals surface area (Å²) in [6, 6.07) is 14.6. The minimum absolute atomic E-state index is 0.878. The quantitative estimate of drug-likeness (QED) is 0.676. The van der Waals surface area contributed by atoms with E-state index in [0.717, 1.165) is 11.4 Å². The standard InChI is InChI=1S/C16H19NO.2C2H6/c1-12-8-13(2)10-15(9-12)17(3)14-6-5-7-16(11-14)18-4;2*1-2/h5-11H,1-4H3;2*1-2H3. The van der Waals surface area contributed by atoms with Crippen LogP contribution in [0.15, 0.2) is 42.5 Å². The molecule has 2 heteroatoms. The number of anilines is 2. The first-order chi connectivity index (χ1) is 10.6. The van der Waals surface area contributed by atoms with Crippen LogP contribution in [-0.4, -0.2) is 14.2 Å². The van der Waals surface area contributed by atoms with Gasteiger partial charge in [0.25, 0.3) is 0 Å². The molecule has 0 saturated carbocycles. The summed E-state index contributed by atoms with van der Waals surface area (Å²) in [5, 5.41) is 0. The number of methoxy groups -OCH3 is 1. The van der Waals surface area contributed by atoms with E-state index in [4.69, 9.17) is 4.74 Å². The Balaban J connectivity index is 0.00000102. The topological polar surface area (TPSA) is 12.5 Å². The Morgan fingerprint density at radius 3 is 1.82 bits per heavy atom. The van der Waals surface area contributed by atoms with Crippen LogP contribution in [0.4, 0.5) is 11.4 Å². The molecule has 0 aliphatic heterocycles. The van der Waals surface area contributed by atoms with Gasteiger partial charge in [0.2, 0.25) is 0 Å². The molecular weight excluding hydrogens is 270 g/mol. The summed E-state index contributed by atoms with van der Waals surface area (Å²) in [6.45, 7) is 12.2. The minimum atomic E-state index is 0.878. The highest BCUT2D eigenvalue weighted by Crippen LogP contribution is 2.28. The highest BCUT2D eigenvalue weighted by Gasteiger charge is 2.06. The van der Waals surface area contributed by atoms with Crippen molar-refractivity contribution < 1.29 is 4.74 Å². The van der Waals surface area contributed by atoms with Crippen LogP contribution in [0.25, 0.3) is 0 Å². The third-order valence-corrected chi connectivity index (χ3v) is 3.03. The first-order valence-electron chi connectivity index (χ1n) is 8.06. The zero-order valence-corrected chi connectivity index (χ0v) is 15.4. The van der Waals surface area contributed by atoms with Gasteiger partial charge in [-0.2, -0.15) is 0 Å². The molecule has 0 fully saturated rings. The average molecular weight is 301 g/mol. The predicted octanol–water partition coefficient (Wildman–Crippen LogP) is 6.13. The molecule has 2 rings (SSSR count). The largest absolute Gasteiger partial charge is 0.497 e. The lowest BCUT2D eigenvalue weighted by molar-refractivity contribution is 0.415. The molecule has 2 aromatic carbocycles. The van der Waals surface area contributed by atoms with Crippen LogP contribution in [0.2, 0.25) is 0 Å². The molecule has 0 bridgehead atoms. The summed E-state index contributed by atoms with van der Waals surface area (Å²) >= 11 is 0. The molecule has 2 nitrogen and oxygen atoms in total. The summed E-state index contributed by atoms with van der Waals surface area (Å²) in [4.78, 5) is 2.17. The van der Waals surface area contributed by atoms with E-state index in [1.165, 1.54) is 16.8 Å². The lowest BCUT2D eigenvalue weighted by atomic mass is 10.1. The smallest absolute Gasteiger partial charge is 0.120 e. The molecule has 0 unspecified atom stereocenters. The first kappa shape index (κ1) is 20.0. The second-order valence-electron chi connectivity index (χ2n) is 4.61. The van der Waals surface area contributed by atoms with Gasteiger partial charge in [0.05, 0.1) is 7.11 Å². The second-order valence-corrected chi connectivity index (χ2v) is 4.61. The van der Waals surface area contributed by atoms with Crippen molar-refractivity contribution in [1.29, 1.82) is 0 Å². The molecule has 0 heterocycles. The van der Waals surface area contributed by atoms with Crippen LogP contribution in [0.3, 0.4) is 0 Å². The van der Waals surface area contributed by atoms with Crippen LogP contribution in [0.1, 0.15) is 38.8 Å². The maximum atomic E-state index is 5.26. The fourth-order valence-electron chi connectivity index (χ4n) is 2.11. The molecule has 0 spiro atoms. The SMILES string of the molecule is CC.CC.COc1cccc(N(C)c2cc(C)cc(C)c2)c1. The third kappa shape index (κ3) is 5.80. The van der Waals surface area contributed by atoms with Gasteiger partial charge in [-0.3, -0.25) is 0 Å². The van der Waals surface area contributed by atoms with Crippen molar-refractivity contribution >= 4 is 11.4 Å². The monoisotopic (exact) mass is 301 g/mol. The summed E-state index contributed by atoms with van der Waals surface area (Å²) < 4.78 is 5.26. The number of hydrogen-bond acceptors (Lipinski definition) is 2. The van der Waals surface area contributed by atoms with Crippen molar-refractivity contribution in [2.75, 3.05) is 19.1 Å². The van der Waals surface area contributed by atoms with Gasteiger partial charge in [-0.15, -0.1) is 0 Å². The Bertz CT molecular complexity index is 529. The summed E-state index contributed by atoms with van der Waals surface area (Å²) in [5.41, 5.74) is 4.87. The van der Waals surface area contributed by atoms with Crippen molar-refractivity contribution in [2.24, 2.45) is 0 Å². The second kappa shape index (κ2) is 10.7. The third-order valence-electron chi connectivity index (χ3n) is 3.03. The van der Waals surface area contributed by atoms with E-state index < -0.39 is 0 Å². The lowest BCUT2D eigenvalue weighted by Gasteiger charge is -2.21. The zero-order valence-electron chi connectivity index (χ0n) is 15.4. The molecule has 22 heavy (non-hydrogen) atoms. The summed E-state index contributed by atoms with van der Waals surface area (Å²) in [7, 11) is 3.76. The van der Waals surface area contributed by atoms with E-state index in [-0.39, 0.29) is 0 Å². The molecule has 0 saturated heterocycles. The van der Waals surface area contributed by atoms with Crippen LogP contribution in [-0.2, 0) is 0 Å². The predicted molar refractivity (Wildman–Crippen MR) is 99.7 cm³/mol. The van der Waals surface area contributed by atoms with E-state index in [1.54, 1.807) is 7.11 Å². The van der Waals surface area contributed by atoms with Crippen molar-refractivity contribution in [2.45, 2.75) is 41.5 Å². The van der Waals surface area contributed by atoms with Gasteiger partial charge in [0.15, 0.2) is 0 Å². The normalized spacial score (nSPS) is 8.91. The highest BCUT2D eigenvalue weighted by atomic mass is 16.5. The molecule has 122 valence electrons. The molecule has 0 N–H and O–H groups in total. The van der Waals surface area contributed by atoms with Gasteiger partial charge in [-0.25, -0.2) is 0 Å². The maximum absolute atomic E-state index is 5.26. The van der Waals surface area contributed by atoms with Gasteiger partial charge in [-0.1, -0.05) is 39.8 Å². The fraction of sp³-hybridized carbons (Fsp3) is 0.400. The van der Waals surface area contributed by atoms with E-state index >= 15 is 0 Å². The van der Waals surface area contributed by atoms with Crippen LogP contribution in [0.5, 0.6) is 5.75 Å². The van der Waals surface area contributed by atoms with Crippen molar-refractivity contribution in [3.8, 4) is 5.75 Å². The number of aryl methyl sites for hydroxylation is 2. The maximum Gasteiger partial charge on any atom is 0.120 e. The number of nitrogens with zero attached hydrogens (tertiary/aromatic N) is 1. The average Bonchev–Trinajstić information content (AvgIpc) is 2.57. The molecule has 0 aromatic heterocycles. The van der Waals surface area contributed by atoms with Crippen molar-refractivity contribution in [1.82, 2.24) is 0 Å². The van der Waals surface area contributed by atoms with E-state index in [2.05, 4.69) is 50.1 Å². The van der Waals surface area contributed by atoms with Gasteiger partial charge in [0.1, 0.15) is 5.75 Å². The minimum Gasteiger partial charge on any atom is -0.497 e. The Labute approximate surface area is 136 Å². The Morgan fingerprint density at radius 1 is 0.773 bits per heavy atom. The summed E-state index contributed by atoms with van der Waals surface area (Å²) in [5.74, 6) is 0.878. The van der Waals surface area contributed by atoms with E-state index in [0.29, 0.717) is 0 Å². The number of ether oxygens (including phenoxy) is 1. The molecule has 0 amide bonds. The molecule has 2 aromatic rings. The number of hydrogen-bond donors (Lipinski definition) is 0.